The molecule has 0 spiro atoms. The molecular formula is C15H29NO2. The van der Waals surface area contributed by atoms with Gasteiger partial charge in [0, 0.05) is 25.1 Å². The fourth-order valence-corrected chi connectivity index (χ4v) is 3.51. The van der Waals surface area contributed by atoms with Gasteiger partial charge < -0.3 is 15.2 Å². The molecule has 0 bridgehead atoms. The Bertz CT molecular complexity index is 270. The van der Waals surface area contributed by atoms with Crippen LogP contribution in [0.3, 0.4) is 0 Å². The van der Waals surface area contributed by atoms with Crippen molar-refractivity contribution in [3.8, 4) is 0 Å². The zero-order valence-corrected chi connectivity index (χ0v) is 12.2. The van der Waals surface area contributed by atoms with Crippen LogP contribution in [-0.4, -0.2) is 36.5 Å². The molecule has 0 aliphatic heterocycles. The van der Waals surface area contributed by atoms with Crippen LogP contribution in [-0.2, 0) is 4.74 Å². The fraction of sp³-hybridized carbons (Fsp3) is 1.00. The Kier molecular flexibility index (Phi) is 4.35. The maximum Gasteiger partial charge on any atom is 0.0771 e. The predicted molar refractivity (Wildman–Crippen MR) is 73.6 cm³/mol. The highest BCUT2D eigenvalue weighted by atomic mass is 16.5. The molecule has 2 fully saturated rings. The number of hydrogen-bond acceptors (Lipinski definition) is 3. The van der Waals surface area contributed by atoms with E-state index in [1.807, 2.05) is 0 Å². The third-order valence-electron chi connectivity index (χ3n) is 5.17. The summed E-state index contributed by atoms with van der Waals surface area (Å²) >= 11 is 0. The minimum atomic E-state index is -0.468. The summed E-state index contributed by atoms with van der Waals surface area (Å²) in [6.07, 6.45) is 8.26. The van der Waals surface area contributed by atoms with Crippen molar-refractivity contribution in [1.82, 2.24) is 5.32 Å². The molecule has 18 heavy (non-hydrogen) atoms. The van der Waals surface area contributed by atoms with Gasteiger partial charge in [0.05, 0.1) is 11.7 Å². The van der Waals surface area contributed by atoms with Crippen LogP contribution in [0.25, 0.3) is 0 Å². The van der Waals surface area contributed by atoms with Crippen LogP contribution < -0.4 is 5.32 Å². The quantitative estimate of drug-likeness (QED) is 0.758. The molecule has 2 N–H and O–H groups in total. The molecule has 2 saturated carbocycles. The second-order valence-electron chi connectivity index (χ2n) is 6.85. The number of methoxy groups -OCH3 is 1. The van der Waals surface area contributed by atoms with E-state index in [1.54, 1.807) is 7.11 Å². The van der Waals surface area contributed by atoms with Crippen molar-refractivity contribution < 1.29 is 9.84 Å². The standard InChI is InChI=1S/C15H29NO2/c1-14(2)12(10-13(14)18-3)16-11-15(17)8-6-4-5-7-9-15/h12-13,16-17H,4-11H2,1-3H3. The summed E-state index contributed by atoms with van der Waals surface area (Å²) < 4.78 is 5.47. The average Bonchev–Trinajstić information content (AvgIpc) is 2.53. The number of hydrogen-bond donors (Lipinski definition) is 2. The number of aliphatic hydroxyl groups is 1. The second kappa shape index (κ2) is 5.48. The topological polar surface area (TPSA) is 41.5 Å². The van der Waals surface area contributed by atoms with Gasteiger partial charge in [-0.1, -0.05) is 39.5 Å². The minimum Gasteiger partial charge on any atom is -0.389 e. The lowest BCUT2D eigenvalue weighted by Crippen LogP contribution is -2.62. The van der Waals surface area contributed by atoms with E-state index >= 15 is 0 Å². The van der Waals surface area contributed by atoms with E-state index in [0.29, 0.717) is 12.1 Å². The first-order valence-electron chi connectivity index (χ1n) is 7.46. The lowest BCUT2D eigenvalue weighted by atomic mass is 9.64. The summed E-state index contributed by atoms with van der Waals surface area (Å²) in [5.41, 5.74) is -0.277. The molecule has 0 amide bonds. The smallest absolute Gasteiger partial charge is 0.0771 e. The lowest BCUT2D eigenvalue weighted by molar-refractivity contribution is -0.103. The van der Waals surface area contributed by atoms with E-state index < -0.39 is 5.60 Å². The zero-order chi connectivity index (χ0) is 13.2. The Morgan fingerprint density at radius 3 is 2.28 bits per heavy atom. The monoisotopic (exact) mass is 255 g/mol. The SMILES string of the molecule is COC1CC(NCC2(O)CCCCCC2)C1(C)C. The fourth-order valence-electron chi connectivity index (χ4n) is 3.51. The third-order valence-corrected chi connectivity index (χ3v) is 5.17. The van der Waals surface area contributed by atoms with Gasteiger partial charge in [-0.05, 0) is 19.3 Å². The summed E-state index contributed by atoms with van der Waals surface area (Å²) in [7, 11) is 1.79. The normalized spacial score (nSPS) is 34.7. The van der Waals surface area contributed by atoms with Crippen molar-refractivity contribution in [2.75, 3.05) is 13.7 Å². The molecule has 2 aliphatic rings. The van der Waals surface area contributed by atoms with Gasteiger partial charge in [-0.3, -0.25) is 0 Å². The zero-order valence-electron chi connectivity index (χ0n) is 12.2. The first kappa shape index (κ1) is 14.3. The predicted octanol–water partition coefficient (Wildman–Crippen LogP) is 2.47. The number of ether oxygens (including phenoxy) is 1. The van der Waals surface area contributed by atoms with Crippen molar-refractivity contribution in [1.29, 1.82) is 0 Å². The minimum absolute atomic E-state index is 0.190. The highest BCUT2D eigenvalue weighted by molar-refractivity contribution is 5.03. The van der Waals surface area contributed by atoms with Crippen molar-refractivity contribution in [3.63, 3.8) is 0 Å². The Balaban J connectivity index is 1.81. The maximum atomic E-state index is 10.6. The van der Waals surface area contributed by atoms with E-state index in [1.165, 1.54) is 25.7 Å². The molecule has 0 heterocycles. The molecule has 3 heteroatoms. The van der Waals surface area contributed by atoms with Gasteiger partial charge in [-0.15, -0.1) is 0 Å². The molecule has 3 nitrogen and oxygen atoms in total. The first-order chi connectivity index (χ1) is 8.48. The van der Waals surface area contributed by atoms with E-state index in [9.17, 15) is 5.11 Å². The van der Waals surface area contributed by atoms with Gasteiger partial charge in [0.25, 0.3) is 0 Å². The molecular weight excluding hydrogens is 226 g/mol. The molecule has 0 aromatic carbocycles. The van der Waals surface area contributed by atoms with Crippen LogP contribution in [0, 0.1) is 5.41 Å². The first-order valence-corrected chi connectivity index (χ1v) is 7.46. The summed E-state index contributed by atoms with van der Waals surface area (Å²) in [4.78, 5) is 0. The number of rotatable bonds is 4. The molecule has 0 aromatic rings. The summed E-state index contributed by atoms with van der Waals surface area (Å²) in [6, 6.07) is 0.481. The van der Waals surface area contributed by atoms with Gasteiger partial charge in [0.15, 0.2) is 0 Å². The molecule has 0 radical (unpaired) electrons. The molecule has 2 unspecified atom stereocenters. The maximum absolute atomic E-state index is 10.6. The van der Waals surface area contributed by atoms with Crippen LogP contribution in [0.1, 0.15) is 58.8 Å². The Morgan fingerprint density at radius 2 is 1.78 bits per heavy atom. The molecule has 2 atom stereocenters. The van der Waals surface area contributed by atoms with Gasteiger partial charge >= 0.3 is 0 Å². The van der Waals surface area contributed by atoms with Gasteiger partial charge in [-0.25, -0.2) is 0 Å². The van der Waals surface area contributed by atoms with E-state index in [4.69, 9.17) is 4.74 Å². The van der Waals surface area contributed by atoms with E-state index in [-0.39, 0.29) is 5.41 Å². The highest BCUT2D eigenvalue weighted by Crippen LogP contribution is 2.42. The van der Waals surface area contributed by atoms with Crippen molar-refractivity contribution in [2.24, 2.45) is 5.41 Å². The Morgan fingerprint density at radius 1 is 1.17 bits per heavy atom. The Hall–Kier alpha value is -0.120. The van der Waals surface area contributed by atoms with Gasteiger partial charge in [0.1, 0.15) is 0 Å². The van der Waals surface area contributed by atoms with Crippen LogP contribution in [0.15, 0.2) is 0 Å². The second-order valence-corrected chi connectivity index (χ2v) is 6.85. The largest absolute Gasteiger partial charge is 0.389 e. The summed E-state index contributed by atoms with van der Waals surface area (Å²) in [5.74, 6) is 0. The van der Waals surface area contributed by atoms with Crippen molar-refractivity contribution in [2.45, 2.75) is 76.5 Å². The lowest BCUT2D eigenvalue weighted by Gasteiger charge is -2.52. The van der Waals surface area contributed by atoms with Crippen LogP contribution in [0.4, 0.5) is 0 Å². The number of nitrogens with one attached hydrogen (secondary N) is 1. The van der Waals surface area contributed by atoms with Crippen LogP contribution in [0.5, 0.6) is 0 Å². The molecule has 106 valence electrons. The van der Waals surface area contributed by atoms with Crippen molar-refractivity contribution in [3.05, 3.63) is 0 Å². The Labute approximate surface area is 111 Å². The van der Waals surface area contributed by atoms with E-state index in [0.717, 1.165) is 25.8 Å². The molecule has 2 rings (SSSR count). The van der Waals surface area contributed by atoms with Crippen LogP contribution in [0.2, 0.25) is 0 Å². The summed E-state index contributed by atoms with van der Waals surface area (Å²) in [6.45, 7) is 5.25. The summed E-state index contributed by atoms with van der Waals surface area (Å²) in [5, 5.41) is 14.2. The highest BCUT2D eigenvalue weighted by Gasteiger charge is 2.48. The third kappa shape index (κ3) is 2.89. The van der Waals surface area contributed by atoms with Gasteiger partial charge in [-0.2, -0.15) is 0 Å². The van der Waals surface area contributed by atoms with Crippen molar-refractivity contribution >= 4 is 0 Å². The molecule has 0 aromatic heterocycles. The van der Waals surface area contributed by atoms with E-state index in [2.05, 4.69) is 19.2 Å². The molecule has 2 aliphatic carbocycles. The molecule has 0 saturated heterocycles. The average molecular weight is 255 g/mol. The van der Waals surface area contributed by atoms with Gasteiger partial charge in [0.2, 0.25) is 0 Å². The van der Waals surface area contributed by atoms with Crippen LogP contribution >= 0.6 is 0 Å².